The number of nitrogens with one attached hydrogen (secondary N) is 1. The Morgan fingerprint density at radius 1 is 1.53 bits per heavy atom. The summed E-state index contributed by atoms with van der Waals surface area (Å²) in [6.45, 7) is 0.857. The van der Waals surface area contributed by atoms with Crippen molar-refractivity contribution in [1.29, 1.82) is 0 Å². The van der Waals surface area contributed by atoms with E-state index in [1.54, 1.807) is 6.20 Å². The van der Waals surface area contributed by atoms with Crippen LogP contribution in [-0.2, 0) is 13.6 Å². The van der Waals surface area contributed by atoms with Crippen molar-refractivity contribution in [3.05, 3.63) is 24.3 Å². The number of hydrogen-bond donors (Lipinski definition) is 1. The molecule has 0 unspecified atom stereocenters. The maximum absolute atomic E-state index is 4.57. The molecule has 15 heavy (non-hydrogen) atoms. The Morgan fingerprint density at radius 2 is 2.40 bits per heavy atom. The first-order valence-electron chi connectivity index (χ1n) is 5.33. The van der Waals surface area contributed by atoms with Crippen molar-refractivity contribution >= 4 is 11.0 Å². The van der Waals surface area contributed by atoms with Gasteiger partial charge in [-0.25, -0.2) is 4.98 Å². The van der Waals surface area contributed by atoms with Crippen LogP contribution in [0.4, 0.5) is 0 Å². The summed E-state index contributed by atoms with van der Waals surface area (Å²) < 4.78 is 2.11. The summed E-state index contributed by atoms with van der Waals surface area (Å²) in [6, 6.07) is 2.68. The molecular weight excluding hydrogens is 188 g/mol. The highest BCUT2D eigenvalue weighted by atomic mass is 15.1. The SMILES string of the molecule is Cn1c(CNC2CC2)nc2ccncc21. The number of nitrogens with zero attached hydrogens (tertiary/aromatic N) is 3. The molecule has 3 rings (SSSR count). The number of hydrogen-bond acceptors (Lipinski definition) is 3. The van der Waals surface area contributed by atoms with E-state index < -0.39 is 0 Å². The number of aryl methyl sites for hydroxylation is 1. The number of pyridine rings is 1. The fourth-order valence-electron chi connectivity index (χ4n) is 1.77. The normalized spacial score (nSPS) is 16.1. The van der Waals surface area contributed by atoms with Gasteiger partial charge in [0.25, 0.3) is 0 Å². The minimum atomic E-state index is 0.725. The highest BCUT2D eigenvalue weighted by Crippen LogP contribution is 2.20. The molecule has 1 fully saturated rings. The molecular formula is C11H14N4. The van der Waals surface area contributed by atoms with Crippen LogP contribution in [0.3, 0.4) is 0 Å². The molecule has 0 bridgehead atoms. The van der Waals surface area contributed by atoms with Gasteiger partial charge in [0, 0.05) is 19.3 Å². The van der Waals surface area contributed by atoms with Crippen molar-refractivity contribution in [3.8, 4) is 0 Å². The van der Waals surface area contributed by atoms with Gasteiger partial charge in [0.15, 0.2) is 0 Å². The summed E-state index contributed by atoms with van der Waals surface area (Å²) in [4.78, 5) is 8.69. The third-order valence-corrected chi connectivity index (χ3v) is 2.90. The van der Waals surface area contributed by atoms with E-state index in [4.69, 9.17) is 0 Å². The highest BCUT2D eigenvalue weighted by molar-refractivity contribution is 5.74. The van der Waals surface area contributed by atoms with Crippen molar-refractivity contribution in [1.82, 2.24) is 19.9 Å². The lowest BCUT2D eigenvalue weighted by Gasteiger charge is -2.02. The number of imidazole rings is 1. The third kappa shape index (κ3) is 1.61. The molecule has 78 valence electrons. The van der Waals surface area contributed by atoms with Crippen LogP contribution in [-0.4, -0.2) is 20.6 Å². The molecule has 0 spiro atoms. The monoisotopic (exact) mass is 202 g/mol. The zero-order valence-corrected chi connectivity index (χ0v) is 8.77. The Balaban J connectivity index is 1.92. The van der Waals surface area contributed by atoms with E-state index >= 15 is 0 Å². The van der Waals surface area contributed by atoms with Crippen LogP contribution in [0.2, 0.25) is 0 Å². The molecule has 0 saturated heterocycles. The fraction of sp³-hybridized carbons (Fsp3) is 0.455. The number of rotatable bonds is 3. The molecule has 2 aromatic rings. The molecule has 1 aliphatic carbocycles. The largest absolute Gasteiger partial charge is 0.329 e. The number of fused-ring (bicyclic) bond motifs is 1. The molecule has 4 nitrogen and oxygen atoms in total. The highest BCUT2D eigenvalue weighted by Gasteiger charge is 2.21. The lowest BCUT2D eigenvalue weighted by Crippen LogP contribution is -2.18. The van der Waals surface area contributed by atoms with Crippen LogP contribution >= 0.6 is 0 Å². The van der Waals surface area contributed by atoms with Crippen molar-refractivity contribution in [2.45, 2.75) is 25.4 Å². The lowest BCUT2D eigenvalue weighted by atomic mass is 10.4. The topological polar surface area (TPSA) is 42.7 Å². The minimum Gasteiger partial charge on any atom is -0.329 e. The Morgan fingerprint density at radius 3 is 3.13 bits per heavy atom. The molecule has 2 heterocycles. The van der Waals surface area contributed by atoms with E-state index in [0.717, 1.165) is 29.4 Å². The molecule has 2 aromatic heterocycles. The molecule has 0 atom stereocenters. The van der Waals surface area contributed by atoms with Gasteiger partial charge in [-0.2, -0.15) is 0 Å². The van der Waals surface area contributed by atoms with Gasteiger partial charge >= 0.3 is 0 Å². The Hall–Kier alpha value is -1.42. The Bertz CT molecular complexity index is 484. The summed E-state index contributed by atoms with van der Waals surface area (Å²) >= 11 is 0. The van der Waals surface area contributed by atoms with Crippen molar-refractivity contribution < 1.29 is 0 Å². The maximum Gasteiger partial charge on any atom is 0.123 e. The van der Waals surface area contributed by atoms with E-state index in [0.29, 0.717) is 0 Å². The molecule has 0 aromatic carbocycles. The van der Waals surface area contributed by atoms with Crippen LogP contribution in [0.5, 0.6) is 0 Å². The summed E-state index contributed by atoms with van der Waals surface area (Å²) in [5, 5.41) is 3.47. The van der Waals surface area contributed by atoms with E-state index in [1.165, 1.54) is 12.8 Å². The van der Waals surface area contributed by atoms with Gasteiger partial charge in [-0.3, -0.25) is 4.98 Å². The quantitative estimate of drug-likeness (QED) is 0.813. The van der Waals surface area contributed by atoms with E-state index in [2.05, 4.69) is 19.9 Å². The first kappa shape index (κ1) is 8.85. The van der Waals surface area contributed by atoms with E-state index in [9.17, 15) is 0 Å². The number of aromatic nitrogens is 3. The molecule has 4 heteroatoms. The minimum absolute atomic E-state index is 0.725. The summed E-state index contributed by atoms with van der Waals surface area (Å²) in [5.41, 5.74) is 2.13. The molecule has 0 aliphatic heterocycles. The molecule has 0 radical (unpaired) electrons. The van der Waals surface area contributed by atoms with Crippen LogP contribution in [0.25, 0.3) is 11.0 Å². The molecule has 1 aliphatic rings. The van der Waals surface area contributed by atoms with Gasteiger partial charge in [0.2, 0.25) is 0 Å². The second-order valence-corrected chi connectivity index (χ2v) is 4.11. The van der Waals surface area contributed by atoms with E-state index in [1.807, 2.05) is 19.3 Å². The summed E-state index contributed by atoms with van der Waals surface area (Å²) in [7, 11) is 2.04. The average molecular weight is 202 g/mol. The zero-order valence-electron chi connectivity index (χ0n) is 8.77. The van der Waals surface area contributed by atoms with Crippen LogP contribution in [0, 0.1) is 0 Å². The van der Waals surface area contributed by atoms with Crippen molar-refractivity contribution in [3.63, 3.8) is 0 Å². The van der Waals surface area contributed by atoms with Crippen LogP contribution in [0.15, 0.2) is 18.5 Å². The predicted octanol–water partition coefficient (Wildman–Crippen LogP) is 1.22. The average Bonchev–Trinajstić information content (AvgIpc) is 3.03. The maximum atomic E-state index is 4.57. The Kier molecular flexibility index (Phi) is 1.95. The molecule has 1 N–H and O–H groups in total. The van der Waals surface area contributed by atoms with Gasteiger partial charge in [0.1, 0.15) is 5.82 Å². The van der Waals surface area contributed by atoms with E-state index in [-0.39, 0.29) is 0 Å². The first-order valence-corrected chi connectivity index (χ1v) is 5.33. The third-order valence-electron chi connectivity index (χ3n) is 2.90. The summed E-state index contributed by atoms with van der Waals surface area (Å²) in [6.07, 6.45) is 6.27. The Labute approximate surface area is 88.3 Å². The second kappa shape index (κ2) is 3.31. The van der Waals surface area contributed by atoms with Gasteiger partial charge in [0.05, 0.1) is 23.8 Å². The first-order chi connectivity index (χ1) is 7.34. The van der Waals surface area contributed by atoms with Crippen molar-refractivity contribution in [2.75, 3.05) is 0 Å². The second-order valence-electron chi connectivity index (χ2n) is 4.11. The van der Waals surface area contributed by atoms with Gasteiger partial charge < -0.3 is 9.88 Å². The van der Waals surface area contributed by atoms with Crippen LogP contribution < -0.4 is 5.32 Å². The zero-order chi connectivity index (χ0) is 10.3. The smallest absolute Gasteiger partial charge is 0.123 e. The van der Waals surface area contributed by atoms with Gasteiger partial charge in [-0.1, -0.05) is 0 Å². The van der Waals surface area contributed by atoms with Gasteiger partial charge in [-0.05, 0) is 18.9 Å². The molecule has 0 amide bonds. The molecule has 1 saturated carbocycles. The van der Waals surface area contributed by atoms with Crippen molar-refractivity contribution in [2.24, 2.45) is 7.05 Å². The summed E-state index contributed by atoms with van der Waals surface area (Å²) in [5.74, 6) is 1.09. The van der Waals surface area contributed by atoms with Crippen LogP contribution in [0.1, 0.15) is 18.7 Å². The standard InChI is InChI=1S/C11H14N4/c1-15-10-6-12-5-4-9(10)14-11(15)7-13-8-2-3-8/h4-6,8,13H,2-3,7H2,1H3. The fourth-order valence-corrected chi connectivity index (χ4v) is 1.77. The lowest BCUT2D eigenvalue weighted by molar-refractivity contribution is 0.639. The predicted molar refractivity (Wildman–Crippen MR) is 58.4 cm³/mol. The van der Waals surface area contributed by atoms with Gasteiger partial charge in [-0.15, -0.1) is 0 Å².